The first kappa shape index (κ1) is 19.8. The summed E-state index contributed by atoms with van der Waals surface area (Å²) in [5.74, 6) is 0.346. The summed E-state index contributed by atoms with van der Waals surface area (Å²) in [7, 11) is 3.55. The lowest BCUT2D eigenvalue weighted by molar-refractivity contribution is -0.124. The smallest absolute Gasteiger partial charge is 0.269 e. The lowest BCUT2D eigenvalue weighted by atomic mass is 9.63. The number of nitrogens with zero attached hydrogens (tertiary/aromatic N) is 2. The van der Waals surface area contributed by atoms with E-state index < -0.39 is 5.41 Å². The van der Waals surface area contributed by atoms with Gasteiger partial charge < -0.3 is 10.6 Å². The maximum atomic E-state index is 13.1. The van der Waals surface area contributed by atoms with Gasteiger partial charge in [0.1, 0.15) is 19.4 Å². The van der Waals surface area contributed by atoms with Crippen molar-refractivity contribution in [2.75, 3.05) is 12.4 Å². The molecule has 0 unspecified atom stereocenters. The molecule has 2 heterocycles. The van der Waals surface area contributed by atoms with E-state index in [2.05, 4.69) is 20.6 Å². The van der Waals surface area contributed by atoms with E-state index in [1.54, 1.807) is 25.5 Å². The molecule has 2 N–H and O–H groups in total. The zero-order valence-electron chi connectivity index (χ0n) is 17.1. The summed E-state index contributed by atoms with van der Waals surface area (Å²) in [4.78, 5) is 33.4. The first-order valence-corrected chi connectivity index (χ1v) is 10.0. The Morgan fingerprint density at radius 1 is 1.00 bits per heavy atom. The number of aromatic nitrogens is 2. The molecule has 3 aromatic rings. The highest BCUT2D eigenvalue weighted by Gasteiger charge is 2.45. The van der Waals surface area contributed by atoms with Gasteiger partial charge >= 0.3 is 0 Å². The van der Waals surface area contributed by atoms with E-state index in [9.17, 15) is 9.59 Å². The molecule has 7 heteroatoms. The van der Waals surface area contributed by atoms with E-state index in [4.69, 9.17) is 0 Å². The standard InChI is InChI=1S/C23H23BN4O2/c1-25-21(29)19-13-16(9-12-26-19)15-3-5-17(6-4-15)23(10-2-11-23)22(30)28-20-8-7-18(24)14-27-20/h3-9,12-14H,2,10-11,24H2,1H3,(H,25,29)(H,27,28,30). The molecule has 6 nitrogen and oxygen atoms in total. The number of amides is 2. The van der Waals surface area contributed by atoms with Crippen LogP contribution in [0, 0.1) is 0 Å². The summed E-state index contributed by atoms with van der Waals surface area (Å²) in [6, 6.07) is 15.4. The maximum Gasteiger partial charge on any atom is 0.269 e. The van der Waals surface area contributed by atoms with Gasteiger partial charge in [0.15, 0.2) is 0 Å². The second-order valence-corrected chi connectivity index (χ2v) is 7.70. The Bertz CT molecular complexity index is 1080. The van der Waals surface area contributed by atoms with Crippen molar-refractivity contribution >= 4 is 30.9 Å². The maximum absolute atomic E-state index is 13.1. The van der Waals surface area contributed by atoms with Gasteiger partial charge in [-0.3, -0.25) is 14.6 Å². The molecular formula is C23H23BN4O2. The van der Waals surface area contributed by atoms with Gasteiger partial charge in [0.2, 0.25) is 5.91 Å². The minimum absolute atomic E-state index is 0.0105. The summed E-state index contributed by atoms with van der Waals surface area (Å²) >= 11 is 0. The minimum atomic E-state index is -0.517. The van der Waals surface area contributed by atoms with Crippen molar-refractivity contribution in [1.82, 2.24) is 15.3 Å². The SMILES string of the molecule is Bc1ccc(NC(=O)C2(c3ccc(-c4ccnc(C(=O)NC)c4)cc3)CCC2)nc1. The van der Waals surface area contributed by atoms with Crippen molar-refractivity contribution in [3.8, 4) is 11.1 Å². The molecule has 0 atom stereocenters. The Morgan fingerprint density at radius 2 is 1.77 bits per heavy atom. The zero-order valence-corrected chi connectivity index (χ0v) is 17.1. The summed E-state index contributed by atoms with van der Waals surface area (Å²) in [5.41, 5.74) is 3.80. The predicted octanol–water partition coefficient (Wildman–Crippen LogP) is 1.82. The third-order valence-electron chi connectivity index (χ3n) is 5.79. The Hall–Kier alpha value is -3.48. The van der Waals surface area contributed by atoms with Crippen LogP contribution < -0.4 is 16.1 Å². The van der Waals surface area contributed by atoms with Crippen LogP contribution in [-0.2, 0) is 10.2 Å². The number of hydrogen-bond donors (Lipinski definition) is 2. The van der Waals surface area contributed by atoms with Crippen molar-refractivity contribution in [3.63, 3.8) is 0 Å². The third-order valence-corrected chi connectivity index (χ3v) is 5.79. The molecule has 1 aliphatic carbocycles. The molecule has 4 rings (SSSR count). The highest BCUT2D eigenvalue weighted by molar-refractivity contribution is 6.32. The summed E-state index contributed by atoms with van der Waals surface area (Å²) in [5, 5.41) is 5.57. The zero-order chi connectivity index (χ0) is 21.1. The number of pyridine rings is 2. The molecule has 0 spiro atoms. The molecular weight excluding hydrogens is 375 g/mol. The fourth-order valence-electron chi connectivity index (χ4n) is 3.80. The van der Waals surface area contributed by atoms with Crippen molar-refractivity contribution in [2.45, 2.75) is 24.7 Å². The largest absolute Gasteiger partial charge is 0.354 e. The van der Waals surface area contributed by atoms with Crippen molar-refractivity contribution in [3.05, 3.63) is 72.2 Å². The van der Waals surface area contributed by atoms with E-state index in [1.807, 2.05) is 50.3 Å². The van der Waals surface area contributed by atoms with E-state index in [-0.39, 0.29) is 11.8 Å². The minimum Gasteiger partial charge on any atom is -0.354 e. The molecule has 150 valence electrons. The number of nitrogens with one attached hydrogen (secondary N) is 2. The fourth-order valence-corrected chi connectivity index (χ4v) is 3.80. The molecule has 1 aromatic carbocycles. The van der Waals surface area contributed by atoms with Crippen LogP contribution in [0.5, 0.6) is 0 Å². The van der Waals surface area contributed by atoms with Crippen LogP contribution in [0.15, 0.2) is 60.9 Å². The average Bonchev–Trinajstić information content (AvgIpc) is 2.74. The van der Waals surface area contributed by atoms with Crippen LogP contribution in [0.2, 0.25) is 0 Å². The molecule has 1 fully saturated rings. The number of carbonyl (C=O) groups is 2. The van der Waals surface area contributed by atoms with E-state index in [0.29, 0.717) is 11.5 Å². The lowest BCUT2D eigenvalue weighted by Gasteiger charge is -2.40. The van der Waals surface area contributed by atoms with Gasteiger partial charge in [0.25, 0.3) is 5.91 Å². The number of hydrogen-bond acceptors (Lipinski definition) is 4. The number of carbonyl (C=O) groups excluding carboxylic acids is 2. The number of rotatable bonds is 5. The predicted molar refractivity (Wildman–Crippen MR) is 120 cm³/mol. The normalized spacial score (nSPS) is 14.4. The Balaban J connectivity index is 1.57. The fraction of sp³-hybridized carbons (Fsp3) is 0.217. The van der Waals surface area contributed by atoms with E-state index in [0.717, 1.165) is 41.4 Å². The van der Waals surface area contributed by atoms with Crippen LogP contribution in [0.1, 0.15) is 35.3 Å². The van der Waals surface area contributed by atoms with Gasteiger partial charge in [0, 0.05) is 19.4 Å². The number of benzene rings is 1. The third kappa shape index (κ3) is 3.71. The first-order chi connectivity index (χ1) is 14.5. The van der Waals surface area contributed by atoms with E-state index >= 15 is 0 Å². The van der Waals surface area contributed by atoms with Gasteiger partial charge in [-0.05, 0) is 47.7 Å². The summed E-state index contributed by atoms with van der Waals surface area (Å²) in [6.45, 7) is 0. The van der Waals surface area contributed by atoms with Gasteiger partial charge in [-0.25, -0.2) is 4.98 Å². The van der Waals surface area contributed by atoms with Crippen LogP contribution in [0.4, 0.5) is 5.82 Å². The first-order valence-electron chi connectivity index (χ1n) is 10.0. The summed E-state index contributed by atoms with van der Waals surface area (Å²) in [6.07, 6.45) is 6.04. The van der Waals surface area contributed by atoms with Crippen LogP contribution in [-0.4, -0.2) is 36.7 Å². The molecule has 1 aliphatic rings. The van der Waals surface area contributed by atoms with Gasteiger partial charge in [-0.1, -0.05) is 42.2 Å². The molecule has 30 heavy (non-hydrogen) atoms. The molecule has 0 aliphatic heterocycles. The molecule has 0 bridgehead atoms. The summed E-state index contributed by atoms with van der Waals surface area (Å²) < 4.78 is 0. The molecule has 1 saturated carbocycles. The molecule has 0 saturated heterocycles. The van der Waals surface area contributed by atoms with Crippen molar-refractivity contribution in [2.24, 2.45) is 0 Å². The lowest BCUT2D eigenvalue weighted by Crippen LogP contribution is -2.46. The Labute approximate surface area is 176 Å². The topological polar surface area (TPSA) is 84.0 Å². The number of anilines is 1. The monoisotopic (exact) mass is 398 g/mol. The van der Waals surface area contributed by atoms with Crippen LogP contribution in [0.25, 0.3) is 11.1 Å². The van der Waals surface area contributed by atoms with Crippen molar-refractivity contribution in [1.29, 1.82) is 0 Å². The van der Waals surface area contributed by atoms with Gasteiger partial charge in [0.05, 0.1) is 5.41 Å². The second-order valence-electron chi connectivity index (χ2n) is 7.70. The Kier molecular flexibility index (Phi) is 5.36. The Morgan fingerprint density at radius 3 is 2.37 bits per heavy atom. The molecule has 0 radical (unpaired) electrons. The highest BCUT2D eigenvalue weighted by Crippen LogP contribution is 2.45. The van der Waals surface area contributed by atoms with E-state index in [1.165, 1.54) is 0 Å². The second kappa shape index (κ2) is 8.10. The average molecular weight is 398 g/mol. The van der Waals surface area contributed by atoms with Gasteiger partial charge in [-0.15, -0.1) is 0 Å². The van der Waals surface area contributed by atoms with Crippen LogP contribution >= 0.6 is 0 Å². The molecule has 2 amide bonds. The highest BCUT2D eigenvalue weighted by atomic mass is 16.2. The van der Waals surface area contributed by atoms with Crippen LogP contribution in [0.3, 0.4) is 0 Å². The van der Waals surface area contributed by atoms with Crippen molar-refractivity contribution < 1.29 is 9.59 Å². The quantitative estimate of drug-likeness (QED) is 0.643. The molecule has 2 aromatic heterocycles. The van der Waals surface area contributed by atoms with Gasteiger partial charge in [-0.2, -0.15) is 0 Å².